The van der Waals surface area contributed by atoms with Crippen LogP contribution >= 0.6 is 23.2 Å². The summed E-state index contributed by atoms with van der Waals surface area (Å²) in [6, 6.07) is 8.91. The lowest BCUT2D eigenvalue weighted by Crippen LogP contribution is -2.87. The highest BCUT2D eigenvalue weighted by atomic mass is 35.5. The smallest absolute Gasteiger partial charge is 0.275 e. The minimum atomic E-state index is -0.176. The van der Waals surface area contributed by atoms with E-state index in [1.54, 1.807) is 18.4 Å². The molecule has 0 aliphatic rings. The molecule has 0 aliphatic heterocycles. The average Bonchev–Trinajstić information content (AvgIpc) is 2.98. The molecule has 0 aliphatic carbocycles. The van der Waals surface area contributed by atoms with Crippen molar-refractivity contribution in [3.05, 3.63) is 58.0 Å². The summed E-state index contributed by atoms with van der Waals surface area (Å²) in [5.74, 6) is 0.790. The van der Waals surface area contributed by atoms with Crippen molar-refractivity contribution in [3.63, 3.8) is 0 Å². The molecule has 2 atom stereocenters. The van der Waals surface area contributed by atoms with Gasteiger partial charge in [0.2, 0.25) is 0 Å². The van der Waals surface area contributed by atoms with Crippen LogP contribution in [0.15, 0.2) is 41.0 Å². The Balaban J connectivity index is 1.86. The number of hydrogen-bond acceptors (Lipinski definition) is 2. The van der Waals surface area contributed by atoms with Crippen LogP contribution in [-0.2, 0) is 4.79 Å². The number of nitrogens with one attached hydrogen (secondary N) is 1. The second-order valence-electron chi connectivity index (χ2n) is 5.20. The molecule has 0 radical (unpaired) electrons. The summed E-state index contributed by atoms with van der Waals surface area (Å²) < 4.78 is 5.31. The maximum absolute atomic E-state index is 12.0. The summed E-state index contributed by atoms with van der Waals surface area (Å²) in [7, 11) is 0. The fourth-order valence-electron chi connectivity index (χ4n) is 2.18. The lowest BCUT2D eigenvalue weighted by molar-refractivity contribution is -0.684. The van der Waals surface area contributed by atoms with E-state index in [-0.39, 0.29) is 18.0 Å². The van der Waals surface area contributed by atoms with Crippen molar-refractivity contribution in [2.75, 3.05) is 6.54 Å². The van der Waals surface area contributed by atoms with Crippen LogP contribution in [0.1, 0.15) is 37.3 Å². The molecule has 1 aromatic carbocycles. The third-order valence-electron chi connectivity index (χ3n) is 3.46. The average molecular weight is 342 g/mol. The molecule has 2 rings (SSSR count). The number of quaternary nitrogens is 1. The fraction of sp³-hybridized carbons (Fsp3) is 0.312. The van der Waals surface area contributed by atoms with Gasteiger partial charge in [0.15, 0.2) is 12.3 Å². The summed E-state index contributed by atoms with van der Waals surface area (Å²) in [6.07, 6.45) is 1.63. The van der Waals surface area contributed by atoms with Crippen molar-refractivity contribution in [3.8, 4) is 0 Å². The highest BCUT2D eigenvalue weighted by Crippen LogP contribution is 2.25. The van der Waals surface area contributed by atoms with Crippen LogP contribution in [0.4, 0.5) is 0 Å². The van der Waals surface area contributed by atoms with Crippen molar-refractivity contribution in [2.45, 2.75) is 25.9 Å². The molecule has 0 spiro atoms. The van der Waals surface area contributed by atoms with Gasteiger partial charge in [-0.25, -0.2) is 0 Å². The molecule has 1 aromatic heterocycles. The van der Waals surface area contributed by atoms with Crippen molar-refractivity contribution in [1.29, 1.82) is 0 Å². The summed E-state index contributed by atoms with van der Waals surface area (Å²) >= 11 is 12.0. The van der Waals surface area contributed by atoms with E-state index in [0.717, 1.165) is 11.3 Å². The SMILES string of the molecule is C[C@@H](NC(=O)C[NH2+][C@H](C)c1ccco1)c1ccc(Cl)cc1Cl. The molecule has 2 aromatic rings. The largest absolute Gasteiger partial charge is 0.463 e. The molecule has 22 heavy (non-hydrogen) atoms. The van der Waals surface area contributed by atoms with Gasteiger partial charge in [0, 0.05) is 10.0 Å². The predicted octanol–water partition coefficient (Wildman–Crippen LogP) is 3.09. The molecule has 0 unspecified atom stereocenters. The van der Waals surface area contributed by atoms with Crippen LogP contribution in [-0.4, -0.2) is 12.5 Å². The van der Waals surface area contributed by atoms with E-state index in [9.17, 15) is 4.79 Å². The van der Waals surface area contributed by atoms with E-state index in [4.69, 9.17) is 27.6 Å². The van der Waals surface area contributed by atoms with Crippen LogP contribution in [0.5, 0.6) is 0 Å². The second kappa shape index (κ2) is 7.68. The molecule has 1 amide bonds. The molecule has 118 valence electrons. The molecule has 0 bridgehead atoms. The zero-order valence-corrected chi connectivity index (χ0v) is 14.0. The standard InChI is InChI=1S/C16H18Cl2N2O2/c1-10(13-6-5-12(17)8-14(13)18)20-16(21)9-19-11(2)15-4-3-7-22-15/h3-8,10-11,19H,9H2,1-2H3,(H,20,21)/p+1/t10-,11-/m1/s1. The second-order valence-corrected chi connectivity index (χ2v) is 6.04. The Hall–Kier alpha value is -1.49. The van der Waals surface area contributed by atoms with Crippen LogP contribution in [0.25, 0.3) is 0 Å². The van der Waals surface area contributed by atoms with Gasteiger partial charge in [-0.3, -0.25) is 4.79 Å². The summed E-state index contributed by atoms with van der Waals surface area (Å²) in [4.78, 5) is 12.0. The van der Waals surface area contributed by atoms with Gasteiger partial charge in [-0.15, -0.1) is 0 Å². The number of amides is 1. The Bertz CT molecular complexity index is 629. The van der Waals surface area contributed by atoms with Gasteiger partial charge in [-0.2, -0.15) is 0 Å². The van der Waals surface area contributed by atoms with E-state index in [1.165, 1.54) is 0 Å². The van der Waals surface area contributed by atoms with E-state index in [2.05, 4.69) is 5.32 Å². The summed E-state index contributed by atoms with van der Waals surface area (Å²) in [6.45, 7) is 4.20. The zero-order chi connectivity index (χ0) is 16.1. The third kappa shape index (κ3) is 4.50. The van der Waals surface area contributed by atoms with Gasteiger partial charge in [0.1, 0.15) is 6.04 Å². The monoisotopic (exact) mass is 341 g/mol. The fourth-order valence-corrected chi connectivity index (χ4v) is 2.75. The van der Waals surface area contributed by atoms with Gasteiger partial charge in [-0.05, 0) is 43.7 Å². The van der Waals surface area contributed by atoms with Crippen LogP contribution in [0.3, 0.4) is 0 Å². The highest BCUT2D eigenvalue weighted by Gasteiger charge is 2.16. The minimum Gasteiger partial charge on any atom is -0.463 e. The van der Waals surface area contributed by atoms with Crippen molar-refractivity contribution in [1.82, 2.24) is 5.32 Å². The third-order valence-corrected chi connectivity index (χ3v) is 4.02. The number of halogens is 2. The molecular formula is C16H19Cl2N2O2+. The first-order valence-corrected chi connectivity index (χ1v) is 7.84. The molecule has 0 saturated carbocycles. The molecule has 3 N–H and O–H groups in total. The Morgan fingerprint density at radius 2 is 2.09 bits per heavy atom. The predicted molar refractivity (Wildman–Crippen MR) is 86.9 cm³/mol. The molecule has 6 heteroatoms. The van der Waals surface area contributed by atoms with E-state index in [0.29, 0.717) is 16.6 Å². The Labute approximate surface area is 139 Å². The minimum absolute atomic E-state index is 0.0584. The number of carbonyl (C=O) groups is 1. The lowest BCUT2D eigenvalue weighted by Gasteiger charge is -2.16. The van der Waals surface area contributed by atoms with Crippen LogP contribution in [0, 0.1) is 0 Å². The Morgan fingerprint density at radius 3 is 2.73 bits per heavy atom. The zero-order valence-electron chi connectivity index (χ0n) is 12.5. The number of rotatable bonds is 6. The lowest BCUT2D eigenvalue weighted by atomic mass is 10.1. The Morgan fingerprint density at radius 1 is 1.32 bits per heavy atom. The van der Waals surface area contributed by atoms with Gasteiger partial charge in [0.05, 0.1) is 12.3 Å². The number of furan rings is 1. The number of carbonyl (C=O) groups excluding carboxylic acids is 1. The first-order valence-electron chi connectivity index (χ1n) is 7.08. The maximum Gasteiger partial charge on any atom is 0.275 e. The van der Waals surface area contributed by atoms with E-state index < -0.39 is 0 Å². The van der Waals surface area contributed by atoms with Gasteiger partial charge < -0.3 is 15.1 Å². The first-order chi connectivity index (χ1) is 10.5. The van der Waals surface area contributed by atoms with Gasteiger partial charge in [0.25, 0.3) is 5.91 Å². The molecule has 4 nitrogen and oxygen atoms in total. The number of hydrogen-bond donors (Lipinski definition) is 2. The van der Waals surface area contributed by atoms with E-state index in [1.807, 2.05) is 37.4 Å². The molecular weight excluding hydrogens is 323 g/mol. The van der Waals surface area contributed by atoms with Crippen molar-refractivity contribution >= 4 is 29.1 Å². The van der Waals surface area contributed by atoms with Crippen LogP contribution < -0.4 is 10.6 Å². The first kappa shape index (κ1) is 16.9. The van der Waals surface area contributed by atoms with Gasteiger partial charge in [-0.1, -0.05) is 29.3 Å². The maximum atomic E-state index is 12.0. The molecule has 0 saturated heterocycles. The van der Waals surface area contributed by atoms with E-state index >= 15 is 0 Å². The molecule has 1 heterocycles. The highest BCUT2D eigenvalue weighted by molar-refractivity contribution is 6.35. The number of benzene rings is 1. The number of nitrogens with two attached hydrogens (primary N) is 1. The van der Waals surface area contributed by atoms with Crippen molar-refractivity contribution in [2.24, 2.45) is 0 Å². The normalized spacial score (nSPS) is 13.6. The quantitative estimate of drug-likeness (QED) is 0.848. The summed E-state index contributed by atoms with van der Waals surface area (Å²) in [5, 5.41) is 5.98. The summed E-state index contributed by atoms with van der Waals surface area (Å²) in [5.41, 5.74) is 0.846. The Kier molecular flexibility index (Phi) is 5.89. The molecule has 0 fully saturated rings. The topological polar surface area (TPSA) is 58.9 Å². The van der Waals surface area contributed by atoms with Crippen molar-refractivity contribution < 1.29 is 14.5 Å². The van der Waals surface area contributed by atoms with Gasteiger partial charge >= 0.3 is 0 Å². The van der Waals surface area contributed by atoms with Crippen LogP contribution in [0.2, 0.25) is 10.0 Å².